The molecule has 1 amide bonds. The second kappa shape index (κ2) is 15.0. The molecule has 0 saturated carbocycles. The highest BCUT2D eigenvalue weighted by atomic mass is 19.4. The molecule has 0 aliphatic heterocycles. The van der Waals surface area contributed by atoms with E-state index in [-0.39, 0.29) is 42.8 Å². The summed E-state index contributed by atoms with van der Waals surface area (Å²) in [6.07, 6.45) is -4.15. The summed E-state index contributed by atoms with van der Waals surface area (Å²) in [5.41, 5.74) is 2.29. The van der Waals surface area contributed by atoms with E-state index in [1.807, 2.05) is 31.1 Å². The minimum absolute atomic E-state index is 0.100. The molecule has 0 radical (unpaired) electrons. The van der Waals surface area contributed by atoms with E-state index in [1.54, 1.807) is 41.9 Å². The molecule has 0 bridgehead atoms. The number of amides is 1. The Hall–Kier alpha value is -5.03. The van der Waals surface area contributed by atoms with Gasteiger partial charge in [-0.15, -0.1) is 0 Å². The lowest BCUT2D eigenvalue weighted by molar-refractivity contribution is -0.137. The van der Waals surface area contributed by atoms with Gasteiger partial charge in [-0.1, -0.05) is 48.5 Å². The van der Waals surface area contributed by atoms with Crippen LogP contribution in [0.1, 0.15) is 22.4 Å². The summed E-state index contributed by atoms with van der Waals surface area (Å²) in [5.74, 6) is -1.66. The molecule has 0 unspecified atom stereocenters. The highest BCUT2D eigenvalue weighted by Gasteiger charge is 2.30. The molecular formula is C38H36F5N3O3. The van der Waals surface area contributed by atoms with Crippen LogP contribution in [0, 0.1) is 11.6 Å². The fourth-order valence-electron chi connectivity index (χ4n) is 5.51. The van der Waals surface area contributed by atoms with Gasteiger partial charge < -0.3 is 19.1 Å². The third-order valence-corrected chi connectivity index (χ3v) is 8.30. The average Bonchev–Trinajstić information content (AvgIpc) is 3.06. The number of fused-ring (bicyclic) bond motifs is 1. The van der Waals surface area contributed by atoms with Gasteiger partial charge in [0.25, 0.3) is 0 Å². The third kappa shape index (κ3) is 8.72. The number of aryl methyl sites for hydroxylation is 2. The Kier molecular flexibility index (Phi) is 10.8. The molecule has 0 aliphatic carbocycles. The first kappa shape index (κ1) is 35.3. The summed E-state index contributed by atoms with van der Waals surface area (Å²) in [7, 11) is 5.49. The predicted molar refractivity (Wildman–Crippen MR) is 179 cm³/mol. The first-order valence-corrected chi connectivity index (χ1v) is 15.7. The van der Waals surface area contributed by atoms with Gasteiger partial charge in [0.1, 0.15) is 18.9 Å². The lowest BCUT2D eigenvalue weighted by atomic mass is 10.0. The van der Waals surface area contributed by atoms with Crippen LogP contribution in [0.25, 0.3) is 22.0 Å². The van der Waals surface area contributed by atoms with Crippen LogP contribution in [0.5, 0.6) is 5.75 Å². The van der Waals surface area contributed by atoms with Crippen molar-refractivity contribution in [1.82, 2.24) is 14.4 Å². The third-order valence-electron chi connectivity index (χ3n) is 8.30. The molecule has 0 N–H and O–H groups in total. The number of ether oxygens (including phenoxy) is 1. The van der Waals surface area contributed by atoms with Gasteiger partial charge in [0.2, 0.25) is 5.91 Å². The van der Waals surface area contributed by atoms with Crippen molar-refractivity contribution < 1.29 is 31.5 Å². The van der Waals surface area contributed by atoms with E-state index < -0.39 is 23.4 Å². The number of hydrogen-bond acceptors (Lipinski definition) is 4. The second-order valence-corrected chi connectivity index (χ2v) is 12.2. The summed E-state index contributed by atoms with van der Waals surface area (Å²) >= 11 is 0. The SMILES string of the molecule is CN(C)CCOc1ccc2c(=O)cc(CCc3cccc(F)c3F)n(CC(=O)N(C)Cc3ccc(-c4ccc(C(F)(F)F)cc4)cc3)c2c1. The van der Waals surface area contributed by atoms with Crippen molar-refractivity contribution in [3.8, 4) is 16.9 Å². The maximum absolute atomic E-state index is 14.5. The van der Waals surface area contributed by atoms with Crippen LogP contribution >= 0.6 is 0 Å². The van der Waals surface area contributed by atoms with Crippen molar-refractivity contribution in [3.05, 3.63) is 135 Å². The molecule has 0 spiro atoms. The van der Waals surface area contributed by atoms with Crippen LogP contribution in [0.2, 0.25) is 0 Å². The number of halogens is 5. The zero-order chi connectivity index (χ0) is 35.3. The zero-order valence-corrected chi connectivity index (χ0v) is 27.4. The molecule has 4 aromatic carbocycles. The number of carbonyl (C=O) groups is 1. The summed E-state index contributed by atoms with van der Waals surface area (Å²) in [6.45, 7) is 1.17. The minimum Gasteiger partial charge on any atom is -0.492 e. The minimum atomic E-state index is -4.41. The Morgan fingerprint density at radius 3 is 2.16 bits per heavy atom. The molecule has 1 heterocycles. The molecule has 5 aromatic rings. The van der Waals surface area contributed by atoms with Gasteiger partial charge in [-0.05, 0) is 79.5 Å². The summed E-state index contributed by atoms with van der Waals surface area (Å²) < 4.78 is 74.9. The summed E-state index contributed by atoms with van der Waals surface area (Å²) in [4.78, 5) is 30.4. The first-order chi connectivity index (χ1) is 23.3. The largest absolute Gasteiger partial charge is 0.492 e. The monoisotopic (exact) mass is 677 g/mol. The van der Waals surface area contributed by atoms with Gasteiger partial charge >= 0.3 is 6.18 Å². The number of aromatic nitrogens is 1. The second-order valence-electron chi connectivity index (χ2n) is 12.2. The van der Waals surface area contributed by atoms with Crippen molar-refractivity contribution in [2.24, 2.45) is 0 Å². The topological polar surface area (TPSA) is 54.8 Å². The number of rotatable bonds is 12. The van der Waals surface area contributed by atoms with E-state index >= 15 is 0 Å². The average molecular weight is 678 g/mol. The van der Waals surface area contributed by atoms with E-state index in [2.05, 4.69) is 0 Å². The molecule has 0 aliphatic rings. The highest BCUT2D eigenvalue weighted by molar-refractivity contribution is 5.84. The normalized spacial score (nSPS) is 11.7. The Bertz CT molecular complexity index is 1990. The van der Waals surface area contributed by atoms with Crippen LogP contribution in [-0.2, 0) is 36.9 Å². The standard InChI is InChI=1S/C38H36F5N3O3/c1-44(2)19-20-49-31-17-18-32-34(22-31)46(30(21-35(32)47)16-13-28-5-4-6-33(39)37(28)40)24-36(48)45(3)23-25-7-9-26(10-8-25)27-11-14-29(15-12-27)38(41,42)43/h4-12,14-15,17-18,21-22H,13,16,19-20,23-24H2,1-3H3. The van der Waals surface area contributed by atoms with Crippen LogP contribution < -0.4 is 10.2 Å². The van der Waals surface area contributed by atoms with Crippen LogP contribution in [0.3, 0.4) is 0 Å². The smallest absolute Gasteiger partial charge is 0.416 e. The van der Waals surface area contributed by atoms with Gasteiger partial charge in [-0.2, -0.15) is 13.2 Å². The predicted octanol–water partition coefficient (Wildman–Crippen LogP) is 7.35. The Balaban J connectivity index is 1.39. The van der Waals surface area contributed by atoms with Gasteiger partial charge in [0.15, 0.2) is 17.1 Å². The first-order valence-electron chi connectivity index (χ1n) is 15.7. The molecule has 1 aromatic heterocycles. The van der Waals surface area contributed by atoms with Crippen LogP contribution in [0.15, 0.2) is 95.8 Å². The molecule has 49 heavy (non-hydrogen) atoms. The van der Waals surface area contributed by atoms with Gasteiger partial charge in [0.05, 0.1) is 11.1 Å². The van der Waals surface area contributed by atoms with Crippen molar-refractivity contribution in [3.63, 3.8) is 0 Å². The number of carbonyl (C=O) groups excluding carboxylic acids is 1. The molecule has 0 saturated heterocycles. The molecule has 11 heteroatoms. The summed E-state index contributed by atoms with van der Waals surface area (Å²) in [5, 5.41) is 0.384. The lowest BCUT2D eigenvalue weighted by Gasteiger charge is -2.22. The molecule has 5 rings (SSSR count). The van der Waals surface area contributed by atoms with E-state index in [4.69, 9.17) is 4.74 Å². The molecular weight excluding hydrogens is 641 g/mol. The van der Waals surface area contributed by atoms with E-state index in [0.29, 0.717) is 41.1 Å². The van der Waals surface area contributed by atoms with Crippen molar-refractivity contribution in [1.29, 1.82) is 0 Å². The Labute approximate surface area is 281 Å². The fourth-order valence-corrected chi connectivity index (χ4v) is 5.51. The number of likely N-dealkylation sites (N-methyl/N-ethyl adjacent to an activating group) is 2. The number of nitrogens with zero attached hydrogens (tertiary/aromatic N) is 3. The van der Waals surface area contributed by atoms with Gasteiger partial charge in [-0.25, -0.2) is 8.78 Å². The number of alkyl halides is 3. The number of benzene rings is 4. The van der Waals surface area contributed by atoms with Crippen molar-refractivity contribution in [2.45, 2.75) is 32.1 Å². The maximum atomic E-state index is 14.5. The van der Waals surface area contributed by atoms with E-state index in [9.17, 15) is 31.5 Å². The van der Waals surface area contributed by atoms with Gasteiger partial charge in [-0.3, -0.25) is 9.59 Å². The molecule has 256 valence electrons. The fraction of sp³-hybridized carbons (Fsp3) is 0.263. The molecule has 0 fully saturated rings. The lowest BCUT2D eigenvalue weighted by Crippen LogP contribution is -2.31. The molecule has 0 atom stereocenters. The van der Waals surface area contributed by atoms with Crippen molar-refractivity contribution in [2.75, 3.05) is 34.3 Å². The van der Waals surface area contributed by atoms with E-state index in [1.165, 1.54) is 35.2 Å². The van der Waals surface area contributed by atoms with Crippen molar-refractivity contribution >= 4 is 16.8 Å². The Morgan fingerprint density at radius 2 is 1.51 bits per heavy atom. The van der Waals surface area contributed by atoms with Gasteiger partial charge in [0, 0.05) is 43.4 Å². The Morgan fingerprint density at radius 1 is 0.837 bits per heavy atom. The maximum Gasteiger partial charge on any atom is 0.416 e. The highest BCUT2D eigenvalue weighted by Crippen LogP contribution is 2.31. The van der Waals surface area contributed by atoms with Crippen LogP contribution in [0.4, 0.5) is 22.0 Å². The quantitative estimate of drug-likeness (QED) is 0.130. The number of pyridine rings is 1. The van der Waals surface area contributed by atoms with Crippen LogP contribution in [-0.4, -0.2) is 54.6 Å². The number of hydrogen-bond donors (Lipinski definition) is 0. The molecule has 6 nitrogen and oxygen atoms in total. The zero-order valence-electron chi connectivity index (χ0n) is 27.4. The summed E-state index contributed by atoms with van der Waals surface area (Å²) in [6, 6.07) is 22.6. The van der Waals surface area contributed by atoms with E-state index in [0.717, 1.165) is 29.3 Å².